The van der Waals surface area contributed by atoms with Crippen molar-refractivity contribution in [3.63, 3.8) is 0 Å². The van der Waals surface area contributed by atoms with Crippen LogP contribution in [0.3, 0.4) is 0 Å². The lowest BCUT2D eigenvalue weighted by Gasteiger charge is -2.20. The van der Waals surface area contributed by atoms with Crippen LogP contribution in [0, 0.1) is 0 Å². The van der Waals surface area contributed by atoms with E-state index in [0.717, 1.165) is 23.2 Å². The van der Waals surface area contributed by atoms with Gasteiger partial charge < -0.3 is 14.8 Å². The van der Waals surface area contributed by atoms with Crippen molar-refractivity contribution < 1.29 is 9.47 Å². The van der Waals surface area contributed by atoms with E-state index in [-0.39, 0.29) is 0 Å². The van der Waals surface area contributed by atoms with Crippen LogP contribution in [0.5, 0.6) is 11.5 Å². The fraction of sp³-hybridized carbons (Fsp3) is 0.308. The van der Waals surface area contributed by atoms with Gasteiger partial charge in [-0.2, -0.15) is 0 Å². The van der Waals surface area contributed by atoms with Crippen LogP contribution in [0.1, 0.15) is 5.56 Å². The third-order valence-electron chi connectivity index (χ3n) is 2.81. The molecule has 0 amide bonds. The molecular formula is C13H14N2O2S2. The van der Waals surface area contributed by atoms with Crippen LogP contribution in [0.25, 0.3) is 0 Å². The molecule has 19 heavy (non-hydrogen) atoms. The molecule has 4 nitrogen and oxygen atoms in total. The van der Waals surface area contributed by atoms with Gasteiger partial charge in [0, 0.05) is 23.0 Å². The van der Waals surface area contributed by atoms with Crippen LogP contribution in [0.15, 0.2) is 28.6 Å². The Bertz CT molecular complexity index is 558. The maximum Gasteiger partial charge on any atom is 0.182 e. The number of nitrogens with zero attached hydrogens (tertiary/aromatic N) is 1. The number of anilines is 1. The molecule has 2 heterocycles. The molecule has 0 saturated carbocycles. The van der Waals surface area contributed by atoms with E-state index in [1.165, 1.54) is 10.5 Å². The Hall–Kier alpha value is -1.40. The first-order valence-electron chi connectivity index (χ1n) is 5.96. The zero-order valence-corrected chi connectivity index (χ0v) is 12.1. The van der Waals surface area contributed by atoms with Crippen LogP contribution in [0.2, 0.25) is 0 Å². The molecule has 1 aromatic carbocycles. The number of ether oxygens (including phenoxy) is 2. The summed E-state index contributed by atoms with van der Waals surface area (Å²) in [6, 6.07) is 4.11. The van der Waals surface area contributed by atoms with Crippen LogP contribution in [0.4, 0.5) is 5.13 Å². The Morgan fingerprint density at radius 2 is 2.11 bits per heavy atom. The van der Waals surface area contributed by atoms with E-state index in [0.29, 0.717) is 13.2 Å². The van der Waals surface area contributed by atoms with Gasteiger partial charge in [-0.3, -0.25) is 0 Å². The Balaban J connectivity index is 1.82. The Morgan fingerprint density at radius 3 is 2.79 bits per heavy atom. The second-order valence-corrected chi connectivity index (χ2v) is 5.74. The summed E-state index contributed by atoms with van der Waals surface area (Å²) in [5, 5.41) is 6.21. The summed E-state index contributed by atoms with van der Waals surface area (Å²) in [4.78, 5) is 5.42. The quantitative estimate of drug-likeness (QED) is 0.877. The van der Waals surface area contributed by atoms with Crippen LogP contribution in [-0.2, 0) is 6.54 Å². The predicted molar refractivity (Wildman–Crippen MR) is 78.7 cm³/mol. The van der Waals surface area contributed by atoms with Gasteiger partial charge in [-0.15, -0.1) is 23.1 Å². The average molecular weight is 294 g/mol. The number of benzene rings is 1. The minimum absolute atomic E-state index is 0.616. The van der Waals surface area contributed by atoms with E-state index >= 15 is 0 Å². The van der Waals surface area contributed by atoms with Crippen molar-refractivity contribution in [1.82, 2.24) is 4.98 Å². The van der Waals surface area contributed by atoms with E-state index in [1.54, 1.807) is 29.3 Å². The molecule has 1 aromatic heterocycles. The molecule has 2 aromatic rings. The van der Waals surface area contributed by atoms with Gasteiger partial charge in [0.1, 0.15) is 13.2 Å². The number of hydrogen-bond donors (Lipinski definition) is 1. The molecule has 6 heteroatoms. The van der Waals surface area contributed by atoms with E-state index in [9.17, 15) is 0 Å². The summed E-state index contributed by atoms with van der Waals surface area (Å²) in [7, 11) is 0. The number of thiazole rings is 1. The fourth-order valence-corrected chi connectivity index (χ4v) is 3.07. The van der Waals surface area contributed by atoms with Crippen molar-refractivity contribution in [3.05, 3.63) is 29.3 Å². The summed E-state index contributed by atoms with van der Waals surface area (Å²) < 4.78 is 11.2. The number of thioether (sulfide) groups is 1. The zero-order valence-electron chi connectivity index (χ0n) is 10.5. The molecule has 0 aliphatic carbocycles. The van der Waals surface area contributed by atoms with Crippen molar-refractivity contribution in [3.8, 4) is 11.5 Å². The van der Waals surface area contributed by atoms with E-state index in [1.807, 2.05) is 5.38 Å². The molecule has 0 bridgehead atoms. The van der Waals surface area contributed by atoms with Crippen LogP contribution < -0.4 is 14.8 Å². The van der Waals surface area contributed by atoms with Gasteiger partial charge in [0.2, 0.25) is 0 Å². The highest BCUT2D eigenvalue weighted by molar-refractivity contribution is 7.98. The fourth-order valence-electron chi connectivity index (χ4n) is 1.92. The first-order valence-corrected chi connectivity index (χ1v) is 8.07. The molecular weight excluding hydrogens is 280 g/mol. The Labute approximate surface area is 120 Å². The lowest BCUT2D eigenvalue weighted by Crippen LogP contribution is -2.16. The third kappa shape index (κ3) is 2.79. The molecule has 0 unspecified atom stereocenters. The summed E-state index contributed by atoms with van der Waals surface area (Å²) in [6.07, 6.45) is 3.87. The monoisotopic (exact) mass is 294 g/mol. The largest absolute Gasteiger partial charge is 0.486 e. The minimum Gasteiger partial charge on any atom is -0.486 e. The van der Waals surface area contributed by atoms with Crippen LogP contribution in [-0.4, -0.2) is 24.5 Å². The molecule has 0 atom stereocenters. The number of hydrogen-bond acceptors (Lipinski definition) is 6. The normalized spacial score (nSPS) is 13.3. The number of fused-ring (bicyclic) bond motifs is 1. The lowest BCUT2D eigenvalue weighted by molar-refractivity contribution is 0.171. The highest BCUT2D eigenvalue weighted by Crippen LogP contribution is 2.36. The SMILES string of the molecule is CSc1cc2c(cc1CNc1nccs1)OCCO2. The average Bonchev–Trinajstić information content (AvgIpc) is 2.97. The van der Waals surface area contributed by atoms with E-state index < -0.39 is 0 Å². The summed E-state index contributed by atoms with van der Waals surface area (Å²) >= 11 is 3.31. The maximum atomic E-state index is 5.63. The van der Waals surface area contributed by atoms with Gasteiger partial charge in [-0.1, -0.05) is 0 Å². The molecule has 1 N–H and O–H groups in total. The van der Waals surface area contributed by atoms with Crippen molar-refractivity contribution >= 4 is 28.2 Å². The smallest absolute Gasteiger partial charge is 0.182 e. The minimum atomic E-state index is 0.616. The number of nitrogens with one attached hydrogen (secondary N) is 1. The van der Waals surface area contributed by atoms with Gasteiger partial charge in [0.05, 0.1) is 0 Å². The Morgan fingerprint density at radius 1 is 1.32 bits per heavy atom. The van der Waals surface area contributed by atoms with Gasteiger partial charge >= 0.3 is 0 Å². The summed E-state index contributed by atoms with van der Waals surface area (Å²) in [5.74, 6) is 1.67. The second kappa shape index (κ2) is 5.71. The van der Waals surface area contributed by atoms with E-state index in [4.69, 9.17) is 9.47 Å². The van der Waals surface area contributed by atoms with Gasteiger partial charge in [-0.05, 0) is 24.0 Å². The summed E-state index contributed by atoms with van der Waals surface area (Å²) in [6.45, 7) is 1.98. The van der Waals surface area contributed by atoms with Gasteiger partial charge in [-0.25, -0.2) is 4.98 Å². The molecule has 0 spiro atoms. The molecule has 1 aliphatic heterocycles. The van der Waals surface area contributed by atoms with Crippen LogP contribution >= 0.6 is 23.1 Å². The van der Waals surface area contributed by atoms with Crippen molar-refractivity contribution in [2.24, 2.45) is 0 Å². The highest BCUT2D eigenvalue weighted by atomic mass is 32.2. The number of aromatic nitrogens is 1. The van der Waals surface area contributed by atoms with Crippen molar-refractivity contribution in [2.75, 3.05) is 24.8 Å². The first-order chi connectivity index (χ1) is 9.36. The highest BCUT2D eigenvalue weighted by Gasteiger charge is 2.15. The predicted octanol–water partition coefficient (Wildman–Crippen LogP) is 3.25. The number of rotatable bonds is 4. The zero-order chi connectivity index (χ0) is 13.1. The van der Waals surface area contributed by atoms with Crippen molar-refractivity contribution in [2.45, 2.75) is 11.4 Å². The molecule has 0 saturated heterocycles. The molecule has 1 aliphatic rings. The van der Waals surface area contributed by atoms with Crippen molar-refractivity contribution in [1.29, 1.82) is 0 Å². The Kier molecular flexibility index (Phi) is 3.79. The first kappa shape index (κ1) is 12.6. The molecule has 0 radical (unpaired) electrons. The molecule has 100 valence electrons. The summed E-state index contributed by atoms with van der Waals surface area (Å²) in [5.41, 5.74) is 1.20. The molecule has 0 fully saturated rings. The standard InChI is InChI=1S/C13H14N2O2S2/c1-18-12-7-11-10(16-3-4-17-11)6-9(12)8-15-13-14-2-5-19-13/h2,5-7H,3-4,8H2,1H3,(H,14,15). The maximum absolute atomic E-state index is 5.63. The lowest BCUT2D eigenvalue weighted by atomic mass is 10.2. The molecule has 3 rings (SSSR count). The van der Waals surface area contributed by atoms with Gasteiger partial charge in [0.25, 0.3) is 0 Å². The van der Waals surface area contributed by atoms with E-state index in [2.05, 4.69) is 28.7 Å². The topological polar surface area (TPSA) is 43.4 Å². The van der Waals surface area contributed by atoms with Gasteiger partial charge in [0.15, 0.2) is 16.6 Å². The third-order valence-corrected chi connectivity index (χ3v) is 4.36. The second-order valence-electron chi connectivity index (χ2n) is 4.00.